The van der Waals surface area contributed by atoms with Gasteiger partial charge < -0.3 is 9.15 Å². The van der Waals surface area contributed by atoms with Gasteiger partial charge in [0.05, 0.1) is 12.8 Å². The van der Waals surface area contributed by atoms with Crippen molar-refractivity contribution in [3.63, 3.8) is 0 Å². The summed E-state index contributed by atoms with van der Waals surface area (Å²) >= 11 is 0. The summed E-state index contributed by atoms with van der Waals surface area (Å²) in [5.41, 5.74) is 0.657. The van der Waals surface area contributed by atoms with E-state index in [1.807, 2.05) is 0 Å². The summed E-state index contributed by atoms with van der Waals surface area (Å²) in [6.07, 6.45) is 1.26. The zero-order valence-electron chi connectivity index (χ0n) is 15.7. The van der Waals surface area contributed by atoms with E-state index in [9.17, 15) is 18.8 Å². The number of carbonyl (C=O) groups excluding carboxylic acids is 3. The number of imide groups is 2. The molecule has 1 N–H and O–H groups in total. The van der Waals surface area contributed by atoms with E-state index in [4.69, 9.17) is 9.15 Å². The number of furan rings is 1. The monoisotopic (exact) mass is 406 g/mol. The fourth-order valence-corrected chi connectivity index (χ4v) is 2.97. The summed E-state index contributed by atoms with van der Waals surface area (Å²) in [6, 6.07) is 14.3. The number of nitrogens with zero attached hydrogens (tertiary/aromatic N) is 1. The van der Waals surface area contributed by atoms with Crippen molar-refractivity contribution in [3.05, 3.63) is 77.8 Å². The fraction of sp³-hybridized carbons (Fsp3) is 0.0455. The number of hydrogen-bond donors (Lipinski definition) is 1. The molecule has 1 aliphatic heterocycles. The number of urea groups is 1. The van der Waals surface area contributed by atoms with Crippen molar-refractivity contribution in [1.82, 2.24) is 5.32 Å². The lowest BCUT2D eigenvalue weighted by molar-refractivity contribution is -0.122. The Balaban J connectivity index is 1.65. The summed E-state index contributed by atoms with van der Waals surface area (Å²) in [4.78, 5) is 38.2. The largest absolute Gasteiger partial charge is 0.497 e. The normalized spacial score (nSPS) is 15.5. The lowest BCUT2D eigenvalue weighted by Gasteiger charge is -2.26. The Morgan fingerprint density at radius 3 is 2.33 bits per heavy atom. The van der Waals surface area contributed by atoms with E-state index < -0.39 is 17.8 Å². The van der Waals surface area contributed by atoms with E-state index in [1.165, 1.54) is 37.5 Å². The number of carbonyl (C=O) groups is 3. The third kappa shape index (κ3) is 3.58. The van der Waals surface area contributed by atoms with Crippen molar-refractivity contribution in [2.45, 2.75) is 0 Å². The highest BCUT2D eigenvalue weighted by Crippen LogP contribution is 2.26. The summed E-state index contributed by atoms with van der Waals surface area (Å²) < 4.78 is 23.8. The number of halogens is 1. The van der Waals surface area contributed by atoms with Gasteiger partial charge in [-0.25, -0.2) is 14.1 Å². The molecule has 0 bridgehead atoms. The van der Waals surface area contributed by atoms with Crippen molar-refractivity contribution in [3.8, 4) is 17.1 Å². The van der Waals surface area contributed by atoms with E-state index >= 15 is 0 Å². The first-order valence-corrected chi connectivity index (χ1v) is 8.87. The molecule has 3 aromatic rings. The third-order valence-corrected chi connectivity index (χ3v) is 4.47. The Morgan fingerprint density at radius 2 is 1.67 bits per heavy atom. The van der Waals surface area contributed by atoms with Gasteiger partial charge in [0.1, 0.15) is 28.7 Å². The van der Waals surface area contributed by atoms with E-state index in [1.54, 1.807) is 36.4 Å². The summed E-state index contributed by atoms with van der Waals surface area (Å²) in [5, 5.41) is 2.15. The van der Waals surface area contributed by atoms with E-state index in [-0.39, 0.29) is 22.8 Å². The molecule has 1 aliphatic rings. The SMILES string of the molecule is COc1ccc(N2C(=O)NC(=O)C(=Cc3ccc(-c4ccc(F)cc4)o3)C2=O)cc1. The Bertz CT molecular complexity index is 1160. The van der Waals surface area contributed by atoms with Crippen LogP contribution in [0.15, 0.2) is 70.7 Å². The van der Waals surface area contributed by atoms with Crippen LogP contribution in [0.25, 0.3) is 17.4 Å². The number of rotatable bonds is 4. The number of amides is 4. The van der Waals surface area contributed by atoms with Gasteiger partial charge in [-0.05, 0) is 66.7 Å². The maximum atomic E-state index is 13.1. The van der Waals surface area contributed by atoms with Gasteiger partial charge in [0, 0.05) is 5.56 Å². The standard InChI is InChI=1S/C22H15FN2O5/c1-29-16-8-6-15(7-9-16)25-21(27)18(20(26)24-22(25)28)12-17-10-11-19(30-17)13-2-4-14(23)5-3-13/h2-12H,1H3,(H,24,26,28). The quantitative estimate of drug-likeness (QED) is 0.526. The second kappa shape index (κ2) is 7.67. The van der Waals surface area contributed by atoms with Crippen LogP contribution < -0.4 is 15.0 Å². The number of benzene rings is 2. The van der Waals surface area contributed by atoms with Gasteiger partial charge in [0.25, 0.3) is 11.8 Å². The van der Waals surface area contributed by atoms with E-state index in [2.05, 4.69) is 5.32 Å². The molecule has 2 heterocycles. The molecule has 0 atom stereocenters. The second-order valence-electron chi connectivity index (χ2n) is 6.36. The van der Waals surface area contributed by atoms with Gasteiger partial charge in [-0.2, -0.15) is 0 Å². The zero-order valence-corrected chi connectivity index (χ0v) is 15.7. The zero-order chi connectivity index (χ0) is 21.3. The van der Waals surface area contributed by atoms with Crippen LogP contribution in [0.2, 0.25) is 0 Å². The Morgan fingerprint density at radius 1 is 0.967 bits per heavy atom. The fourth-order valence-electron chi connectivity index (χ4n) is 2.97. The molecule has 2 aromatic carbocycles. The van der Waals surface area contributed by atoms with Crippen LogP contribution >= 0.6 is 0 Å². The van der Waals surface area contributed by atoms with Crippen LogP contribution in [0.1, 0.15) is 5.76 Å². The van der Waals surface area contributed by atoms with Crippen molar-refractivity contribution in [1.29, 1.82) is 0 Å². The average molecular weight is 406 g/mol. The first kappa shape index (κ1) is 19.1. The maximum absolute atomic E-state index is 13.1. The van der Waals surface area contributed by atoms with Crippen LogP contribution in [0.5, 0.6) is 5.75 Å². The van der Waals surface area contributed by atoms with Crippen LogP contribution in [-0.2, 0) is 9.59 Å². The lowest BCUT2D eigenvalue weighted by atomic mass is 10.1. The minimum Gasteiger partial charge on any atom is -0.497 e. The molecule has 7 nitrogen and oxygen atoms in total. The van der Waals surface area contributed by atoms with Gasteiger partial charge in [-0.15, -0.1) is 0 Å². The number of methoxy groups -OCH3 is 1. The molecule has 0 spiro atoms. The van der Waals surface area contributed by atoms with Crippen molar-refractivity contribution in [2.75, 3.05) is 12.0 Å². The van der Waals surface area contributed by atoms with E-state index in [0.29, 0.717) is 17.1 Å². The number of barbiturate groups is 1. The first-order chi connectivity index (χ1) is 14.5. The average Bonchev–Trinajstić information content (AvgIpc) is 3.21. The third-order valence-electron chi connectivity index (χ3n) is 4.47. The summed E-state index contributed by atoms with van der Waals surface area (Å²) in [7, 11) is 1.50. The molecular weight excluding hydrogens is 391 g/mol. The van der Waals surface area contributed by atoms with Gasteiger partial charge in [-0.1, -0.05) is 0 Å². The molecule has 0 radical (unpaired) electrons. The summed E-state index contributed by atoms with van der Waals surface area (Å²) in [5.74, 6) is -0.756. The van der Waals surface area contributed by atoms with Crippen molar-refractivity contribution >= 4 is 29.6 Å². The molecule has 30 heavy (non-hydrogen) atoms. The van der Waals surface area contributed by atoms with Crippen LogP contribution in [-0.4, -0.2) is 25.0 Å². The van der Waals surface area contributed by atoms with Gasteiger partial charge in [-0.3, -0.25) is 14.9 Å². The van der Waals surface area contributed by atoms with E-state index in [0.717, 1.165) is 4.90 Å². The maximum Gasteiger partial charge on any atom is 0.335 e. The summed E-state index contributed by atoms with van der Waals surface area (Å²) in [6.45, 7) is 0. The number of ether oxygens (including phenoxy) is 1. The van der Waals surface area contributed by atoms with Crippen LogP contribution in [0, 0.1) is 5.82 Å². The number of anilines is 1. The molecule has 4 rings (SSSR count). The van der Waals surface area contributed by atoms with Crippen LogP contribution in [0.3, 0.4) is 0 Å². The van der Waals surface area contributed by atoms with Gasteiger partial charge in [0.15, 0.2) is 0 Å². The van der Waals surface area contributed by atoms with Gasteiger partial charge in [0.2, 0.25) is 0 Å². The highest BCUT2D eigenvalue weighted by Gasteiger charge is 2.37. The molecule has 0 saturated carbocycles. The molecule has 150 valence electrons. The van der Waals surface area contributed by atoms with Crippen molar-refractivity contribution in [2.24, 2.45) is 0 Å². The van der Waals surface area contributed by atoms with Crippen LogP contribution in [0.4, 0.5) is 14.9 Å². The Kier molecular flexibility index (Phi) is 4.89. The minimum absolute atomic E-state index is 0.233. The topological polar surface area (TPSA) is 88.8 Å². The van der Waals surface area contributed by atoms with Gasteiger partial charge >= 0.3 is 6.03 Å². The second-order valence-corrected chi connectivity index (χ2v) is 6.36. The number of hydrogen-bond acceptors (Lipinski definition) is 5. The highest BCUT2D eigenvalue weighted by atomic mass is 19.1. The Labute approximate surface area is 170 Å². The first-order valence-electron chi connectivity index (χ1n) is 8.87. The molecule has 1 saturated heterocycles. The van der Waals surface area contributed by atoms with Crippen molar-refractivity contribution < 1.29 is 27.9 Å². The molecule has 1 fully saturated rings. The lowest BCUT2D eigenvalue weighted by Crippen LogP contribution is -2.54. The predicted octanol–water partition coefficient (Wildman–Crippen LogP) is 3.76. The predicted molar refractivity (Wildman–Crippen MR) is 106 cm³/mol. The molecule has 0 unspecified atom stereocenters. The molecule has 8 heteroatoms. The molecule has 0 aliphatic carbocycles. The smallest absolute Gasteiger partial charge is 0.335 e. The highest BCUT2D eigenvalue weighted by molar-refractivity contribution is 6.39. The Hall–Kier alpha value is -4.20. The minimum atomic E-state index is -0.848. The molecule has 1 aromatic heterocycles. The number of nitrogens with one attached hydrogen (secondary N) is 1. The molecule has 4 amide bonds. The molecular formula is C22H15FN2O5.